The summed E-state index contributed by atoms with van der Waals surface area (Å²) in [6, 6.07) is 0. The van der Waals surface area contributed by atoms with Crippen LogP contribution in [0.2, 0.25) is 0 Å². The number of nitrogens with one attached hydrogen (secondary N) is 1. The van der Waals surface area contributed by atoms with E-state index in [1.54, 1.807) is 6.33 Å². The van der Waals surface area contributed by atoms with Crippen LogP contribution in [0.5, 0.6) is 0 Å². The fraction of sp³-hybridized carbons (Fsp3) is 0.833. The van der Waals surface area contributed by atoms with Crippen molar-refractivity contribution in [2.75, 3.05) is 19.8 Å². The summed E-state index contributed by atoms with van der Waals surface area (Å²) >= 11 is 0. The highest BCUT2D eigenvalue weighted by Crippen LogP contribution is 2.28. The fourth-order valence-electron chi connectivity index (χ4n) is 1.72. The van der Waals surface area contributed by atoms with E-state index in [-0.39, 0.29) is 0 Å². The Bertz CT molecular complexity index is 322. The molecule has 1 aromatic rings. The van der Waals surface area contributed by atoms with Gasteiger partial charge in [-0.3, -0.25) is 0 Å². The summed E-state index contributed by atoms with van der Waals surface area (Å²) in [7, 11) is 0. The van der Waals surface area contributed by atoms with E-state index in [2.05, 4.69) is 22.3 Å². The summed E-state index contributed by atoms with van der Waals surface area (Å²) in [5, 5.41) is 7.49. The molecule has 1 fully saturated rings. The van der Waals surface area contributed by atoms with Gasteiger partial charge in [0.2, 0.25) is 0 Å². The summed E-state index contributed by atoms with van der Waals surface area (Å²) < 4.78 is 7.48. The topological polar surface area (TPSA) is 52.0 Å². The smallest absolute Gasteiger partial charge is 0.140 e. The van der Waals surface area contributed by atoms with Gasteiger partial charge in [0.25, 0.3) is 0 Å². The third kappa shape index (κ3) is 4.44. The first-order valence-corrected chi connectivity index (χ1v) is 6.55. The lowest BCUT2D eigenvalue weighted by atomic mass is 10.4. The van der Waals surface area contributed by atoms with Crippen LogP contribution in [-0.2, 0) is 17.8 Å². The largest absolute Gasteiger partial charge is 0.381 e. The van der Waals surface area contributed by atoms with E-state index in [1.807, 2.05) is 4.68 Å². The van der Waals surface area contributed by atoms with Gasteiger partial charge in [0.05, 0.1) is 6.54 Å². The van der Waals surface area contributed by atoms with Crippen molar-refractivity contribution in [2.45, 2.75) is 39.3 Å². The molecule has 0 radical (unpaired) electrons. The van der Waals surface area contributed by atoms with Crippen molar-refractivity contribution in [3.63, 3.8) is 0 Å². The molecule has 0 aromatic carbocycles. The molecule has 1 heterocycles. The van der Waals surface area contributed by atoms with Gasteiger partial charge in [-0.25, -0.2) is 9.67 Å². The Morgan fingerprint density at radius 3 is 3.18 bits per heavy atom. The molecule has 0 saturated heterocycles. The maximum absolute atomic E-state index is 5.57. The predicted octanol–water partition coefficient (Wildman–Crippen LogP) is 1.20. The Balaban J connectivity index is 1.47. The molecular formula is C12H22N4O. The minimum Gasteiger partial charge on any atom is -0.381 e. The van der Waals surface area contributed by atoms with Crippen LogP contribution in [0.3, 0.4) is 0 Å². The van der Waals surface area contributed by atoms with Crippen molar-refractivity contribution in [1.29, 1.82) is 0 Å². The number of nitrogens with zero attached hydrogens (tertiary/aromatic N) is 3. The van der Waals surface area contributed by atoms with Crippen molar-refractivity contribution >= 4 is 0 Å². The molecule has 96 valence electrons. The second-order valence-corrected chi connectivity index (χ2v) is 4.54. The number of hydrogen-bond donors (Lipinski definition) is 1. The summed E-state index contributed by atoms with van der Waals surface area (Å²) in [5.41, 5.74) is 0. The van der Waals surface area contributed by atoms with Gasteiger partial charge < -0.3 is 10.1 Å². The summed E-state index contributed by atoms with van der Waals surface area (Å²) in [5.74, 6) is 1.87. The minimum atomic E-state index is 0.788. The zero-order chi connectivity index (χ0) is 11.9. The molecule has 0 aliphatic heterocycles. The van der Waals surface area contributed by atoms with Gasteiger partial charge in [-0.15, -0.1) is 0 Å². The summed E-state index contributed by atoms with van der Waals surface area (Å²) in [6.45, 7) is 6.54. The van der Waals surface area contributed by atoms with Crippen LogP contribution < -0.4 is 5.32 Å². The van der Waals surface area contributed by atoms with E-state index in [9.17, 15) is 0 Å². The number of aryl methyl sites for hydroxylation is 1. The number of aromatic nitrogens is 3. The molecule has 5 nitrogen and oxygen atoms in total. The van der Waals surface area contributed by atoms with E-state index in [0.717, 1.165) is 51.0 Å². The fourth-order valence-corrected chi connectivity index (χ4v) is 1.72. The van der Waals surface area contributed by atoms with Crippen LogP contribution in [0.15, 0.2) is 6.33 Å². The highest BCUT2D eigenvalue weighted by molar-refractivity contribution is 4.83. The van der Waals surface area contributed by atoms with Crippen LogP contribution in [-0.4, -0.2) is 34.5 Å². The summed E-state index contributed by atoms with van der Waals surface area (Å²) in [4.78, 5) is 4.21. The lowest BCUT2D eigenvalue weighted by molar-refractivity contribution is 0.122. The van der Waals surface area contributed by atoms with Gasteiger partial charge in [0.15, 0.2) is 0 Å². The molecule has 1 aliphatic rings. The van der Waals surface area contributed by atoms with E-state index < -0.39 is 0 Å². The van der Waals surface area contributed by atoms with Gasteiger partial charge in [0, 0.05) is 19.8 Å². The molecule has 5 heteroatoms. The van der Waals surface area contributed by atoms with Crippen LogP contribution in [0, 0.1) is 5.92 Å². The standard InChI is InChI=1S/C12H22N4O/c1-2-16-12(14-10-15-16)8-13-6-3-7-17-9-11-4-5-11/h10-11,13H,2-9H2,1H3. The van der Waals surface area contributed by atoms with Gasteiger partial charge >= 0.3 is 0 Å². The number of rotatable bonds is 9. The highest BCUT2D eigenvalue weighted by Gasteiger charge is 2.20. The van der Waals surface area contributed by atoms with Crippen LogP contribution in [0.1, 0.15) is 32.0 Å². The van der Waals surface area contributed by atoms with E-state index in [0.29, 0.717) is 0 Å². The molecule has 1 saturated carbocycles. The average Bonchev–Trinajstić information content (AvgIpc) is 3.05. The van der Waals surface area contributed by atoms with Crippen LogP contribution >= 0.6 is 0 Å². The van der Waals surface area contributed by atoms with Gasteiger partial charge in [-0.2, -0.15) is 5.10 Å². The maximum atomic E-state index is 5.57. The molecule has 17 heavy (non-hydrogen) atoms. The first-order chi connectivity index (χ1) is 8.40. The summed E-state index contributed by atoms with van der Waals surface area (Å²) in [6.07, 6.45) is 5.40. The lowest BCUT2D eigenvalue weighted by Crippen LogP contribution is -2.19. The molecule has 1 N–H and O–H groups in total. The molecule has 0 amide bonds. The number of ether oxygens (including phenoxy) is 1. The number of hydrogen-bond acceptors (Lipinski definition) is 4. The SMILES string of the molecule is CCn1ncnc1CNCCCOCC1CC1. The van der Waals surface area contributed by atoms with E-state index in [4.69, 9.17) is 4.74 Å². The van der Waals surface area contributed by atoms with Crippen molar-refractivity contribution in [3.8, 4) is 0 Å². The molecule has 0 unspecified atom stereocenters. The zero-order valence-corrected chi connectivity index (χ0v) is 10.6. The Hall–Kier alpha value is -0.940. The quantitative estimate of drug-likeness (QED) is 0.657. The Morgan fingerprint density at radius 2 is 2.41 bits per heavy atom. The van der Waals surface area contributed by atoms with Crippen molar-refractivity contribution in [3.05, 3.63) is 12.2 Å². The first-order valence-electron chi connectivity index (χ1n) is 6.55. The minimum absolute atomic E-state index is 0.788. The van der Waals surface area contributed by atoms with Crippen molar-refractivity contribution in [2.24, 2.45) is 5.92 Å². The van der Waals surface area contributed by atoms with Gasteiger partial charge in [-0.05, 0) is 38.6 Å². The normalized spacial score (nSPS) is 15.4. The van der Waals surface area contributed by atoms with E-state index in [1.165, 1.54) is 12.8 Å². The first kappa shape index (κ1) is 12.5. The second-order valence-electron chi connectivity index (χ2n) is 4.54. The highest BCUT2D eigenvalue weighted by atomic mass is 16.5. The zero-order valence-electron chi connectivity index (χ0n) is 10.6. The van der Waals surface area contributed by atoms with Gasteiger partial charge in [-0.1, -0.05) is 0 Å². The Labute approximate surface area is 103 Å². The lowest BCUT2D eigenvalue weighted by Gasteiger charge is -2.06. The predicted molar refractivity (Wildman–Crippen MR) is 65.6 cm³/mol. The molecule has 0 spiro atoms. The molecule has 1 aliphatic carbocycles. The molecule has 2 rings (SSSR count). The van der Waals surface area contributed by atoms with Gasteiger partial charge in [0.1, 0.15) is 12.2 Å². The van der Waals surface area contributed by atoms with Crippen LogP contribution in [0.25, 0.3) is 0 Å². The van der Waals surface area contributed by atoms with Crippen LogP contribution in [0.4, 0.5) is 0 Å². The Morgan fingerprint density at radius 1 is 1.53 bits per heavy atom. The maximum Gasteiger partial charge on any atom is 0.140 e. The second kappa shape index (κ2) is 6.71. The Kier molecular flexibility index (Phi) is 4.94. The molecule has 0 bridgehead atoms. The van der Waals surface area contributed by atoms with E-state index >= 15 is 0 Å². The van der Waals surface area contributed by atoms with Crippen molar-refractivity contribution < 1.29 is 4.74 Å². The molecule has 1 aromatic heterocycles. The molecular weight excluding hydrogens is 216 g/mol. The van der Waals surface area contributed by atoms with Crippen molar-refractivity contribution in [1.82, 2.24) is 20.1 Å². The third-order valence-corrected chi connectivity index (χ3v) is 2.97. The monoisotopic (exact) mass is 238 g/mol. The molecule has 0 atom stereocenters. The average molecular weight is 238 g/mol. The third-order valence-electron chi connectivity index (χ3n) is 2.97.